The first-order chi connectivity index (χ1) is 11.7. The van der Waals surface area contributed by atoms with Crippen LogP contribution in [0.25, 0.3) is 11.5 Å². The van der Waals surface area contributed by atoms with E-state index in [-0.39, 0.29) is 6.04 Å². The van der Waals surface area contributed by atoms with Crippen LogP contribution in [-0.4, -0.2) is 10.2 Å². The van der Waals surface area contributed by atoms with Crippen LogP contribution in [0.5, 0.6) is 0 Å². The lowest BCUT2D eigenvalue weighted by atomic mass is 10.1. The average molecular weight is 318 g/mol. The van der Waals surface area contributed by atoms with Gasteiger partial charge in [-0.2, -0.15) is 5.26 Å². The molecule has 1 N–H and O–H groups in total. The molecule has 5 heteroatoms. The lowest BCUT2D eigenvalue weighted by molar-refractivity contribution is 0.485. The number of aryl methyl sites for hydroxylation is 1. The molecule has 2 aromatic carbocycles. The molecule has 1 atom stereocenters. The third-order valence-corrected chi connectivity index (χ3v) is 3.70. The Morgan fingerprint density at radius 3 is 2.67 bits per heavy atom. The van der Waals surface area contributed by atoms with Crippen molar-refractivity contribution in [1.29, 1.82) is 5.26 Å². The van der Waals surface area contributed by atoms with E-state index in [1.54, 1.807) is 0 Å². The molecule has 24 heavy (non-hydrogen) atoms. The summed E-state index contributed by atoms with van der Waals surface area (Å²) in [6.07, 6.45) is 0.416. The molecule has 0 bridgehead atoms. The summed E-state index contributed by atoms with van der Waals surface area (Å²) < 4.78 is 5.79. The Morgan fingerprint density at radius 2 is 1.96 bits per heavy atom. The van der Waals surface area contributed by atoms with Crippen molar-refractivity contribution < 1.29 is 4.42 Å². The van der Waals surface area contributed by atoms with Crippen molar-refractivity contribution in [3.63, 3.8) is 0 Å². The van der Waals surface area contributed by atoms with Crippen molar-refractivity contribution in [2.45, 2.75) is 26.3 Å². The fourth-order valence-electron chi connectivity index (χ4n) is 2.43. The molecule has 0 radical (unpaired) electrons. The summed E-state index contributed by atoms with van der Waals surface area (Å²) in [6.45, 7) is 4.00. The first kappa shape index (κ1) is 15.8. The fraction of sp³-hybridized carbons (Fsp3) is 0.211. The van der Waals surface area contributed by atoms with Gasteiger partial charge >= 0.3 is 0 Å². The van der Waals surface area contributed by atoms with Crippen molar-refractivity contribution >= 4 is 5.69 Å². The molecule has 0 aliphatic rings. The number of nitriles is 1. The lowest BCUT2D eigenvalue weighted by Crippen LogP contribution is -2.06. The summed E-state index contributed by atoms with van der Waals surface area (Å²) in [5, 5.41) is 20.3. The predicted octanol–water partition coefficient (Wildman–Crippen LogP) is 4.28. The number of anilines is 1. The Labute approximate surface area is 141 Å². The molecule has 0 saturated heterocycles. The Kier molecular flexibility index (Phi) is 4.57. The van der Waals surface area contributed by atoms with Gasteiger partial charge in [-0.25, -0.2) is 0 Å². The molecule has 3 aromatic rings. The Morgan fingerprint density at radius 1 is 1.17 bits per heavy atom. The monoisotopic (exact) mass is 318 g/mol. The molecule has 0 saturated carbocycles. The number of hydrogen-bond donors (Lipinski definition) is 1. The minimum Gasteiger partial charge on any atom is -0.418 e. The zero-order valence-electron chi connectivity index (χ0n) is 13.7. The maximum absolute atomic E-state index is 8.70. The third kappa shape index (κ3) is 3.61. The fourth-order valence-corrected chi connectivity index (χ4v) is 2.43. The van der Waals surface area contributed by atoms with Gasteiger partial charge in [0.2, 0.25) is 11.8 Å². The molecule has 1 heterocycles. The minimum atomic E-state index is -0.113. The summed E-state index contributed by atoms with van der Waals surface area (Å²) in [6, 6.07) is 17.8. The molecule has 0 fully saturated rings. The maximum atomic E-state index is 8.70. The number of rotatable bonds is 5. The number of nitrogens with one attached hydrogen (secondary N) is 1. The van der Waals surface area contributed by atoms with Gasteiger partial charge in [0, 0.05) is 11.3 Å². The third-order valence-electron chi connectivity index (χ3n) is 3.70. The number of benzene rings is 2. The van der Waals surface area contributed by atoms with Crippen LogP contribution in [0.1, 0.15) is 30.0 Å². The van der Waals surface area contributed by atoms with Gasteiger partial charge in [0.25, 0.3) is 0 Å². The van der Waals surface area contributed by atoms with Crippen molar-refractivity contribution in [2.75, 3.05) is 5.32 Å². The van der Waals surface area contributed by atoms with Crippen molar-refractivity contribution in [2.24, 2.45) is 0 Å². The van der Waals surface area contributed by atoms with Gasteiger partial charge < -0.3 is 9.73 Å². The first-order valence-corrected chi connectivity index (χ1v) is 7.78. The van der Waals surface area contributed by atoms with E-state index in [2.05, 4.69) is 21.6 Å². The van der Waals surface area contributed by atoms with E-state index in [9.17, 15) is 0 Å². The largest absolute Gasteiger partial charge is 0.418 e. The van der Waals surface area contributed by atoms with Crippen LogP contribution in [0.4, 0.5) is 5.69 Å². The highest BCUT2D eigenvalue weighted by molar-refractivity contribution is 5.53. The van der Waals surface area contributed by atoms with E-state index >= 15 is 0 Å². The summed E-state index contributed by atoms with van der Waals surface area (Å²) >= 11 is 0. The van der Waals surface area contributed by atoms with Crippen LogP contribution in [0, 0.1) is 18.3 Å². The van der Waals surface area contributed by atoms with Crippen LogP contribution < -0.4 is 5.32 Å². The second-order valence-corrected chi connectivity index (χ2v) is 5.71. The van der Waals surface area contributed by atoms with Gasteiger partial charge in [0.05, 0.1) is 12.5 Å². The van der Waals surface area contributed by atoms with Crippen LogP contribution in [0.2, 0.25) is 0 Å². The Hall–Kier alpha value is -3.13. The molecule has 0 aliphatic carbocycles. The number of aromatic nitrogens is 2. The van der Waals surface area contributed by atoms with Crippen LogP contribution in [0.15, 0.2) is 52.9 Å². The highest BCUT2D eigenvalue weighted by atomic mass is 16.4. The second kappa shape index (κ2) is 6.97. The van der Waals surface area contributed by atoms with Crippen molar-refractivity contribution in [1.82, 2.24) is 10.2 Å². The summed E-state index contributed by atoms with van der Waals surface area (Å²) in [5.74, 6) is 1.05. The average Bonchev–Trinajstić information content (AvgIpc) is 3.07. The van der Waals surface area contributed by atoms with E-state index in [0.29, 0.717) is 18.2 Å². The van der Waals surface area contributed by atoms with Gasteiger partial charge in [-0.05, 0) is 43.7 Å². The zero-order chi connectivity index (χ0) is 16.9. The highest BCUT2D eigenvalue weighted by Gasteiger charge is 2.15. The maximum Gasteiger partial charge on any atom is 0.247 e. The van der Waals surface area contributed by atoms with Gasteiger partial charge in [-0.1, -0.05) is 29.8 Å². The van der Waals surface area contributed by atoms with Gasteiger partial charge in [-0.3, -0.25) is 0 Å². The Bertz CT molecular complexity index is 862. The molecule has 0 aliphatic heterocycles. The molecule has 120 valence electrons. The van der Waals surface area contributed by atoms with E-state index in [1.807, 2.05) is 62.4 Å². The van der Waals surface area contributed by atoms with Gasteiger partial charge in [0.1, 0.15) is 6.04 Å². The topological polar surface area (TPSA) is 74.7 Å². The SMILES string of the molecule is Cc1cccc(-c2nnc([C@@H](C)Nc3ccc(CC#N)cc3)o2)c1. The minimum absolute atomic E-state index is 0.113. The van der Waals surface area contributed by atoms with E-state index in [0.717, 1.165) is 22.4 Å². The molecular formula is C19H18N4O. The first-order valence-electron chi connectivity index (χ1n) is 7.78. The van der Waals surface area contributed by atoms with Crippen molar-refractivity contribution in [3.8, 4) is 17.5 Å². The van der Waals surface area contributed by atoms with Gasteiger partial charge in [-0.15, -0.1) is 10.2 Å². The summed E-state index contributed by atoms with van der Waals surface area (Å²) in [7, 11) is 0. The molecule has 0 amide bonds. The normalized spacial score (nSPS) is 11.7. The molecule has 1 aromatic heterocycles. The van der Waals surface area contributed by atoms with Crippen molar-refractivity contribution in [3.05, 3.63) is 65.5 Å². The molecule has 0 spiro atoms. The molecular weight excluding hydrogens is 300 g/mol. The second-order valence-electron chi connectivity index (χ2n) is 5.71. The van der Waals surface area contributed by atoms with Crippen LogP contribution in [0.3, 0.4) is 0 Å². The summed E-state index contributed by atoms with van der Waals surface area (Å²) in [5.41, 5.74) is 4.01. The lowest BCUT2D eigenvalue weighted by Gasteiger charge is -2.11. The standard InChI is InChI=1S/C19H18N4O/c1-13-4-3-5-16(12-13)19-23-22-18(24-19)14(2)21-17-8-6-15(7-9-17)10-11-20/h3-9,12,14,21H,10H2,1-2H3/t14-/m1/s1. The Balaban J connectivity index is 1.71. The van der Waals surface area contributed by atoms with E-state index < -0.39 is 0 Å². The molecule has 0 unspecified atom stereocenters. The quantitative estimate of drug-likeness (QED) is 0.759. The van der Waals surface area contributed by atoms with Crippen LogP contribution >= 0.6 is 0 Å². The smallest absolute Gasteiger partial charge is 0.247 e. The highest BCUT2D eigenvalue weighted by Crippen LogP contribution is 2.23. The molecule has 3 rings (SSSR count). The van der Waals surface area contributed by atoms with E-state index in [4.69, 9.17) is 9.68 Å². The number of nitrogens with zero attached hydrogens (tertiary/aromatic N) is 3. The predicted molar refractivity (Wildman–Crippen MR) is 92.3 cm³/mol. The van der Waals surface area contributed by atoms with Gasteiger partial charge in [0.15, 0.2) is 0 Å². The van der Waals surface area contributed by atoms with Crippen LogP contribution in [-0.2, 0) is 6.42 Å². The summed E-state index contributed by atoms with van der Waals surface area (Å²) in [4.78, 5) is 0. The number of hydrogen-bond acceptors (Lipinski definition) is 5. The van der Waals surface area contributed by atoms with E-state index in [1.165, 1.54) is 0 Å². The zero-order valence-corrected chi connectivity index (χ0v) is 13.7. The molecule has 5 nitrogen and oxygen atoms in total.